The van der Waals surface area contributed by atoms with E-state index in [0.717, 1.165) is 5.56 Å². The maximum absolute atomic E-state index is 11.5. The normalized spacial score (nSPS) is 10.4. The van der Waals surface area contributed by atoms with Crippen LogP contribution in [0.2, 0.25) is 0 Å². The molecule has 0 saturated heterocycles. The topological polar surface area (TPSA) is 82.0 Å². The van der Waals surface area contributed by atoms with Crippen LogP contribution in [-0.2, 0) is 15.0 Å². The standard InChI is InChI=1S/C14H17N3O2/c1-14(2,3)10-4-6-11(7-5-10)17-13(19)12(18)16-9-8-15/h4-7H,9H2,1-3H3,(H,16,18)(H,17,19). The molecule has 100 valence electrons. The minimum Gasteiger partial charge on any atom is -0.335 e. The molecular weight excluding hydrogens is 242 g/mol. The second-order valence-corrected chi connectivity index (χ2v) is 5.12. The zero-order chi connectivity index (χ0) is 14.5. The van der Waals surface area contributed by atoms with Gasteiger partial charge in [0, 0.05) is 5.69 Å². The van der Waals surface area contributed by atoms with Gasteiger partial charge in [-0.25, -0.2) is 0 Å². The van der Waals surface area contributed by atoms with Crippen LogP contribution in [0, 0.1) is 11.3 Å². The van der Waals surface area contributed by atoms with Gasteiger partial charge in [0.15, 0.2) is 0 Å². The van der Waals surface area contributed by atoms with E-state index in [9.17, 15) is 9.59 Å². The predicted molar refractivity (Wildman–Crippen MR) is 72.4 cm³/mol. The first-order valence-corrected chi connectivity index (χ1v) is 5.91. The lowest BCUT2D eigenvalue weighted by Gasteiger charge is -2.19. The molecule has 0 atom stereocenters. The summed E-state index contributed by atoms with van der Waals surface area (Å²) >= 11 is 0. The Morgan fingerprint density at radius 2 is 1.74 bits per heavy atom. The summed E-state index contributed by atoms with van der Waals surface area (Å²) in [5, 5.41) is 12.9. The van der Waals surface area contributed by atoms with Crippen molar-refractivity contribution in [2.45, 2.75) is 26.2 Å². The fourth-order valence-corrected chi connectivity index (χ4v) is 1.44. The molecule has 2 N–H and O–H groups in total. The van der Waals surface area contributed by atoms with E-state index < -0.39 is 11.8 Å². The lowest BCUT2D eigenvalue weighted by molar-refractivity contribution is -0.136. The average molecular weight is 259 g/mol. The van der Waals surface area contributed by atoms with Crippen LogP contribution in [0.1, 0.15) is 26.3 Å². The Morgan fingerprint density at radius 3 is 2.21 bits per heavy atom. The van der Waals surface area contributed by atoms with Crippen LogP contribution in [0.5, 0.6) is 0 Å². The first-order chi connectivity index (χ1) is 8.84. The largest absolute Gasteiger partial charge is 0.335 e. The summed E-state index contributed by atoms with van der Waals surface area (Å²) in [6.07, 6.45) is 0. The Hall–Kier alpha value is -2.35. The van der Waals surface area contributed by atoms with Crippen molar-refractivity contribution in [3.8, 4) is 6.07 Å². The van der Waals surface area contributed by atoms with Crippen molar-refractivity contribution in [3.05, 3.63) is 29.8 Å². The second kappa shape index (κ2) is 6.01. The number of carbonyl (C=O) groups is 2. The highest BCUT2D eigenvalue weighted by Crippen LogP contribution is 2.23. The van der Waals surface area contributed by atoms with E-state index in [0.29, 0.717) is 5.69 Å². The van der Waals surface area contributed by atoms with Crippen molar-refractivity contribution in [2.24, 2.45) is 0 Å². The lowest BCUT2D eigenvalue weighted by atomic mass is 9.87. The molecule has 5 heteroatoms. The van der Waals surface area contributed by atoms with Gasteiger partial charge in [0.25, 0.3) is 0 Å². The van der Waals surface area contributed by atoms with Gasteiger partial charge < -0.3 is 10.6 Å². The molecule has 0 heterocycles. The number of benzene rings is 1. The maximum atomic E-state index is 11.5. The second-order valence-electron chi connectivity index (χ2n) is 5.12. The van der Waals surface area contributed by atoms with Crippen LogP contribution in [-0.4, -0.2) is 18.4 Å². The Balaban J connectivity index is 2.66. The molecule has 0 unspecified atom stereocenters. The molecule has 0 aliphatic heterocycles. The van der Waals surface area contributed by atoms with Crippen molar-refractivity contribution in [2.75, 3.05) is 11.9 Å². The number of hydrogen-bond donors (Lipinski definition) is 2. The monoisotopic (exact) mass is 259 g/mol. The minimum atomic E-state index is -0.818. The first kappa shape index (κ1) is 14.7. The van der Waals surface area contributed by atoms with E-state index >= 15 is 0 Å². The van der Waals surface area contributed by atoms with Crippen molar-refractivity contribution in [1.29, 1.82) is 5.26 Å². The number of carbonyl (C=O) groups excluding carboxylic acids is 2. The molecule has 0 aliphatic carbocycles. The number of rotatable bonds is 2. The quantitative estimate of drug-likeness (QED) is 0.624. The molecule has 1 aromatic carbocycles. The Morgan fingerprint density at radius 1 is 1.16 bits per heavy atom. The van der Waals surface area contributed by atoms with Crippen molar-refractivity contribution in [1.82, 2.24) is 5.32 Å². The van der Waals surface area contributed by atoms with Crippen LogP contribution >= 0.6 is 0 Å². The summed E-state index contributed by atoms with van der Waals surface area (Å²) in [5.41, 5.74) is 1.72. The van der Waals surface area contributed by atoms with E-state index in [4.69, 9.17) is 5.26 Å². The highest BCUT2D eigenvalue weighted by atomic mass is 16.2. The summed E-state index contributed by atoms with van der Waals surface area (Å²) in [6, 6.07) is 9.03. The summed E-state index contributed by atoms with van der Waals surface area (Å²) in [4.78, 5) is 22.7. The number of hydrogen-bond acceptors (Lipinski definition) is 3. The summed E-state index contributed by atoms with van der Waals surface area (Å²) < 4.78 is 0. The van der Waals surface area contributed by atoms with Gasteiger partial charge in [-0.3, -0.25) is 9.59 Å². The fourth-order valence-electron chi connectivity index (χ4n) is 1.44. The molecule has 1 aromatic rings. The van der Waals surface area contributed by atoms with Crippen LogP contribution in [0.15, 0.2) is 24.3 Å². The Bertz CT molecular complexity index is 507. The fraction of sp³-hybridized carbons (Fsp3) is 0.357. The van der Waals surface area contributed by atoms with Crippen molar-refractivity contribution in [3.63, 3.8) is 0 Å². The van der Waals surface area contributed by atoms with Gasteiger partial charge in [0.05, 0.1) is 6.07 Å². The summed E-state index contributed by atoms with van der Waals surface area (Å²) in [5.74, 6) is -1.60. The molecule has 0 aromatic heterocycles. The van der Waals surface area contributed by atoms with Crippen LogP contribution in [0.3, 0.4) is 0 Å². The molecule has 0 radical (unpaired) electrons. The Kier molecular flexibility index (Phi) is 4.65. The number of anilines is 1. The predicted octanol–water partition coefficient (Wildman–Crippen LogP) is 1.56. The molecule has 2 amide bonds. The van der Waals surface area contributed by atoms with Gasteiger partial charge in [0.1, 0.15) is 6.54 Å². The molecule has 5 nitrogen and oxygen atoms in total. The number of nitriles is 1. The van der Waals surface area contributed by atoms with Gasteiger partial charge in [0.2, 0.25) is 0 Å². The molecular formula is C14H17N3O2. The first-order valence-electron chi connectivity index (χ1n) is 5.91. The SMILES string of the molecule is CC(C)(C)c1ccc(NC(=O)C(=O)NCC#N)cc1. The van der Waals surface area contributed by atoms with E-state index in [-0.39, 0.29) is 12.0 Å². The van der Waals surface area contributed by atoms with Crippen LogP contribution in [0.4, 0.5) is 5.69 Å². The highest BCUT2D eigenvalue weighted by molar-refractivity contribution is 6.39. The Labute approximate surface area is 112 Å². The van der Waals surface area contributed by atoms with Crippen LogP contribution < -0.4 is 10.6 Å². The third-order valence-corrected chi connectivity index (χ3v) is 2.54. The maximum Gasteiger partial charge on any atom is 0.313 e. The van der Waals surface area contributed by atoms with Gasteiger partial charge in [-0.1, -0.05) is 32.9 Å². The highest BCUT2D eigenvalue weighted by Gasteiger charge is 2.15. The molecule has 0 fully saturated rings. The van der Waals surface area contributed by atoms with Crippen molar-refractivity contribution < 1.29 is 9.59 Å². The van der Waals surface area contributed by atoms with Gasteiger partial charge in [-0.15, -0.1) is 0 Å². The average Bonchev–Trinajstić information content (AvgIpc) is 2.35. The molecule has 19 heavy (non-hydrogen) atoms. The molecule has 1 rings (SSSR count). The lowest BCUT2D eigenvalue weighted by Crippen LogP contribution is -2.35. The number of nitrogens with one attached hydrogen (secondary N) is 2. The summed E-state index contributed by atoms with van der Waals surface area (Å²) in [6.45, 7) is 6.09. The smallest absolute Gasteiger partial charge is 0.313 e. The van der Waals surface area contributed by atoms with E-state index in [1.54, 1.807) is 18.2 Å². The van der Waals surface area contributed by atoms with E-state index in [1.807, 2.05) is 12.1 Å². The number of nitrogens with zero attached hydrogens (tertiary/aromatic N) is 1. The van der Waals surface area contributed by atoms with Gasteiger partial charge in [-0.2, -0.15) is 5.26 Å². The minimum absolute atomic E-state index is 0.0344. The van der Waals surface area contributed by atoms with Gasteiger partial charge >= 0.3 is 11.8 Å². The third-order valence-electron chi connectivity index (χ3n) is 2.54. The molecule has 0 saturated carbocycles. The zero-order valence-electron chi connectivity index (χ0n) is 11.3. The zero-order valence-corrected chi connectivity index (χ0v) is 11.3. The van der Waals surface area contributed by atoms with E-state index in [1.165, 1.54) is 0 Å². The van der Waals surface area contributed by atoms with E-state index in [2.05, 4.69) is 31.4 Å². The molecule has 0 spiro atoms. The number of amides is 2. The van der Waals surface area contributed by atoms with Crippen LogP contribution in [0.25, 0.3) is 0 Å². The van der Waals surface area contributed by atoms with Gasteiger partial charge in [-0.05, 0) is 23.1 Å². The third kappa shape index (κ3) is 4.43. The molecule has 0 aliphatic rings. The molecule has 0 bridgehead atoms. The summed E-state index contributed by atoms with van der Waals surface area (Å²) in [7, 11) is 0. The van der Waals surface area contributed by atoms with Crippen molar-refractivity contribution >= 4 is 17.5 Å².